The van der Waals surface area contributed by atoms with E-state index in [4.69, 9.17) is 0 Å². The molecule has 0 saturated heterocycles. The lowest BCUT2D eigenvalue weighted by atomic mass is 9.93. The third kappa shape index (κ3) is 6.33. The molecule has 0 bridgehead atoms. The van der Waals surface area contributed by atoms with Crippen molar-refractivity contribution >= 4 is 50.8 Å². The average molecular weight is 572 g/mol. The van der Waals surface area contributed by atoms with E-state index in [2.05, 4.69) is 65.4 Å². The summed E-state index contributed by atoms with van der Waals surface area (Å²) >= 11 is 3.45. The van der Waals surface area contributed by atoms with Gasteiger partial charge >= 0.3 is 6.03 Å². The highest BCUT2D eigenvalue weighted by molar-refractivity contribution is 9.10. The minimum atomic E-state index is -0.352. The summed E-state index contributed by atoms with van der Waals surface area (Å²) in [4.78, 5) is 27.6. The Bertz CT molecular complexity index is 1440. The summed E-state index contributed by atoms with van der Waals surface area (Å²) in [5, 5.41) is 18.7. The van der Waals surface area contributed by atoms with Crippen molar-refractivity contribution in [2.45, 2.75) is 32.2 Å². The topological polar surface area (TPSA) is 116 Å². The molecule has 192 valence electrons. The summed E-state index contributed by atoms with van der Waals surface area (Å²) in [6.07, 6.45) is 6.95. The van der Waals surface area contributed by atoms with Gasteiger partial charge in [-0.25, -0.2) is 4.79 Å². The van der Waals surface area contributed by atoms with E-state index in [-0.39, 0.29) is 17.9 Å². The van der Waals surface area contributed by atoms with Crippen molar-refractivity contribution in [1.29, 1.82) is 0 Å². The van der Waals surface area contributed by atoms with Crippen molar-refractivity contribution in [1.82, 2.24) is 20.6 Å². The van der Waals surface area contributed by atoms with E-state index < -0.39 is 0 Å². The first kappa shape index (κ1) is 25.3. The molecule has 10 heteroatoms. The van der Waals surface area contributed by atoms with Crippen LogP contribution in [0.3, 0.4) is 0 Å². The molecule has 0 aliphatic heterocycles. The molecule has 1 aromatic heterocycles. The van der Waals surface area contributed by atoms with Gasteiger partial charge in [-0.15, -0.1) is 5.10 Å². The number of allylic oxidation sites excluding steroid dienone is 2. The molecular weight excluding hydrogens is 546 g/mol. The summed E-state index contributed by atoms with van der Waals surface area (Å²) in [6, 6.07) is 22.4. The largest absolute Gasteiger partial charge is 0.326 e. The highest BCUT2D eigenvalue weighted by atomic mass is 79.9. The number of anilines is 3. The van der Waals surface area contributed by atoms with Crippen LogP contribution in [0.2, 0.25) is 0 Å². The molecule has 3 amide bonds. The first-order chi connectivity index (χ1) is 18.5. The van der Waals surface area contributed by atoms with E-state index >= 15 is 0 Å². The van der Waals surface area contributed by atoms with Crippen LogP contribution in [0.5, 0.6) is 0 Å². The van der Waals surface area contributed by atoms with Gasteiger partial charge in [0.1, 0.15) is 0 Å². The number of nitrogens with zero attached hydrogens (tertiary/aromatic N) is 4. The Kier molecular flexibility index (Phi) is 7.89. The van der Waals surface area contributed by atoms with Crippen molar-refractivity contribution in [3.63, 3.8) is 0 Å². The zero-order valence-corrected chi connectivity index (χ0v) is 22.1. The number of aromatic amines is 1. The third-order valence-corrected chi connectivity index (χ3v) is 6.78. The van der Waals surface area contributed by atoms with Gasteiger partial charge in [-0.1, -0.05) is 57.4 Å². The van der Waals surface area contributed by atoms with Crippen LogP contribution in [0.15, 0.2) is 83.3 Å². The summed E-state index contributed by atoms with van der Waals surface area (Å²) in [6.45, 7) is 0.314. The Morgan fingerprint density at radius 3 is 2.47 bits per heavy atom. The van der Waals surface area contributed by atoms with E-state index in [0.29, 0.717) is 17.8 Å². The first-order valence-electron chi connectivity index (χ1n) is 12.3. The number of carbonyl (C=O) groups excluding carboxylic acids is 2. The number of carbonyl (C=O) groups is 2. The molecule has 3 N–H and O–H groups in total. The molecule has 1 aliphatic rings. The van der Waals surface area contributed by atoms with Crippen LogP contribution in [0.4, 0.5) is 22.1 Å². The number of amides is 3. The van der Waals surface area contributed by atoms with Crippen molar-refractivity contribution in [3.8, 4) is 0 Å². The van der Waals surface area contributed by atoms with Crippen molar-refractivity contribution in [2.75, 3.05) is 15.5 Å². The van der Waals surface area contributed by atoms with Crippen LogP contribution in [0, 0.1) is 0 Å². The van der Waals surface area contributed by atoms with Gasteiger partial charge in [0.25, 0.3) is 11.9 Å². The van der Waals surface area contributed by atoms with Gasteiger partial charge in [-0.3, -0.25) is 15.0 Å². The van der Waals surface area contributed by atoms with E-state index in [0.717, 1.165) is 28.6 Å². The lowest BCUT2D eigenvalue weighted by molar-refractivity contribution is 0.102. The Balaban J connectivity index is 1.36. The van der Waals surface area contributed by atoms with Gasteiger partial charge in [-0.05, 0) is 90.1 Å². The van der Waals surface area contributed by atoms with Crippen LogP contribution in [-0.4, -0.2) is 32.6 Å². The van der Waals surface area contributed by atoms with E-state index in [1.807, 2.05) is 48.5 Å². The molecule has 5 rings (SSSR count). The maximum absolute atomic E-state index is 13.5. The smallest absolute Gasteiger partial charge is 0.307 e. The van der Waals surface area contributed by atoms with Gasteiger partial charge in [-0.2, -0.15) is 5.21 Å². The van der Waals surface area contributed by atoms with Gasteiger partial charge in [0.15, 0.2) is 0 Å². The molecule has 0 radical (unpaired) electrons. The summed E-state index contributed by atoms with van der Waals surface area (Å²) in [5.41, 5.74) is 5.32. The second-order valence-corrected chi connectivity index (χ2v) is 9.85. The SMILES string of the molecule is O=C(Nc1nn[nH]n1)c1ccc(CN(C(=O)Nc2cccc(Br)c2)c2ccc(C3=CCCCC3)cc2)cc1. The molecule has 0 spiro atoms. The van der Waals surface area contributed by atoms with Gasteiger partial charge in [0, 0.05) is 21.4 Å². The number of rotatable bonds is 7. The predicted molar refractivity (Wildman–Crippen MR) is 151 cm³/mol. The fourth-order valence-corrected chi connectivity index (χ4v) is 4.73. The molecule has 3 aromatic carbocycles. The minimum absolute atomic E-state index is 0.0990. The number of halogens is 1. The standard InChI is InChI=1S/C28H26BrN7O2/c29-23-7-4-8-24(17-23)30-28(38)36(25-15-13-21(14-16-25)20-5-2-1-3-6-20)18-19-9-11-22(12-10-19)26(37)31-27-32-34-35-33-27/h4-5,7-17H,1-3,6,18H2,(H,30,38)(H2,31,32,33,34,35,37). The Labute approximate surface area is 228 Å². The third-order valence-electron chi connectivity index (χ3n) is 6.29. The number of hydrogen-bond donors (Lipinski definition) is 3. The fourth-order valence-electron chi connectivity index (χ4n) is 4.33. The number of tetrazole rings is 1. The van der Waals surface area contributed by atoms with E-state index in [1.54, 1.807) is 17.0 Å². The lowest BCUT2D eigenvalue weighted by Gasteiger charge is -2.24. The van der Waals surface area contributed by atoms with Crippen LogP contribution < -0.4 is 15.5 Å². The van der Waals surface area contributed by atoms with Gasteiger partial charge in [0.05, 0.1) is 6.54 Å². The molecule has 0 saturated carbocycles. The van der Waals surface area contributed by atoms with Crippen LogP contribution >= 0.6 is 15.9 Å². The van der Waals surface area contributed by atoms with Crippen molar-refractivity contribution < 1.29 is 9.59 Å². The average Bonchev–Trinajstić information content (AvgIpc) is 3.46. The second kappa shape index (κ2) is 11.8. The maximum Gasteiger partial charge on any atom is 0.326 e. The van der Waals surface area contributed by atoms with Gasteiger partial charge < -0.3 is 5.32 Å². The number of hydrogen-bond acceptors (Lipinski definition) is 5. The minimum Gasteiger partial charge on any atom is -0.307 e. The highest BCUT2D eigenvalue weighted by Crippen LogP contribution is 2.29. The fraction of sp³-hybridized carbons (Fsp3) is 0.179. The quantitative estimate of drug-likeness (QED) is 0.237. The molecule has 4 aromatic rings. The molecular formula is C28H26BrN7O2. The monoisotopic (exact) mass is 571 g/mol. The molecule has 0 unspecified atom stereocenters. The van der Waals surface area contributed by atoms with Crippen LogP contribution in [-0.2, 0) is 6.54 Å². The highest BCUT2D eigenvalue weighted by Gasteiger charge is 2.18. The summed E-state index contributed by atoms with van der Waals surface area (Å²) in [5.74, 6) is -0.253. The molecule has 38 heavy (non-hydrogen) atoms. The molecule has 9 nitrogen and oxygen atoms in total. The molecule has 0 fully saturated rings. The maximum atomic E-state index is 13.5. The zero-order chi connectivity index (χ0) is 26.3. The van der Waals surface area contributed by atoms with Crippen molar-refractivity contribution in [3.05, 3.63) is 100 Å². The van der Waals surface area contributed by atoms with E-state index in [9.17, 15) is 9.59 Å². The lowest BCUT2D eigenvalue weighted by Crippen LogP contribution is -2.34. The number of benzene rings is 3. The summed E-state index contributed by atoms with van der Waals surface area (Å²) in [7, 11) is 0. The predicted octanol–water partition coefficient (Wildman–Crippen LogP) is 6.41. The molecule has 0 atom stereocenters. The second-order valence-electron chi connectivity index (χ2n) is 8.94. The normalized spacial score (nSPS) is 12.9. The van der Waals surface area contributed by atoms with Gasteiger partial charge in [0.2, 0.25) is 0 Å². The van der Waals surface area contributed by atoms with E-state index in [1.165, 1.54) is 24.0 Å². The number of urea groups is 1. The molecule has 1 heterocycles. The number of aromatic nitrogens is 4. The van der Waals surface area contributed by atoms with Crippen molar-refractivity contribution in [2.24, 2.45) is 0 Å². The Morgan fingerprint density at radius 1 is 0.974 bits per heavy atom. The van der Waals surface area contributed by atoms with Crippen LogP contribution in [0.1, 0.15) is 47.2 Å². The molecule has 1 aliphatic carbocycles. The summed E-state index contributed by atoms with van der Waals surface area (Å²) < 4.78 is 0.877. The first-order valence-corrected chi connectivity index (χ1v) is 13.1. The van der Waals surface area contributed by atoms with Crippen LogP contribution in [0.25, 0.3) is 5.57 Å². The number of nitrogens with one attached hydrogen (secondary N) is 3. The number of H-pyrrole nitrogens is 1. The zero-order valence-electron chi connectivity index (χ0n) is 20.5. The Morgan fingerprint density at radius 2 is 1.79 bits per heavy atom. The Hall–Kier alpha value is -4.31.